The van der Waals surface area contributed by atoms with Gasteiger partial charge in [-0.25, -0.2) is 4.39 Å². The maximum Gasteiger partial charge on any atom is 0.235 e. The van der Waals surface area contributed by atoms with Gasteiger partial charge in [0.25, 0.3) is 0 Å². The molecule has 1 aliphatic rings. The molecule has 3 aromatic carbocycles. The number of allylic oxidation sites excluding steroid dienone is 1. The molecule has 0 amide bonds. The van der Waals surface area contributed by atoms with Crippen LogP contribution in [0.25, 0.3) is 5.57 Å². The Morgan fingerprint density at radius 3 is 2.19 bits per heavy atom. The number of aryl methyl sites for hydroxylation is 2. The van der Waals surface area contributed by atoms with E-state index in [0.717, 1.165) is 80.7 Å². The second-order valence-corrected chi connectivity index (χ2v) is 10.7. The minimum absolute atomic E-state index is 0. The maximum absolute atomic E-state index is 14.6. The van der Waals surface area contributed by atoms with Gasteiger partial charge in [0.15, 0.2) is 0 Å². The molecule has 0 aromatic heterocycles. The highest BCUT2D eigenvalue weighted by Gasteiger charge is 2.24. The van der Waals surface area contributed by atoms with Gasteiger partial charge in [0.1, 0.15) is 12.6 Å². The van der Waals surface area contributed by atoms with Crippen molar-refractivity contribution in [1.82, 2.24) is 0 Å². The van der Waals surface area contributed by atoms with Gasteiger partial charge in [0.2, 0.25) is 6.41 Å². The molecule has 264 valence electrons. The van der Waals surface area contributed by atoms with Crippen LogP contribution in [0.2, 0.25) is 0 Å². The monoisotopic (exact) mass is 654 g/mol. The molecule has 0 saturated carbocycles. The number of piperidine rings is 1. The first kappa shape index (κ1) is 43.5. The number of nitrogens with one attached hydrogen (secondary N) is 1. The molecule has 1 heterocycles. The number of hydrogen-bond acceptors (Lipinski definition) is 6. The first-order chi connectivity index (χ1) is 22.9. The molecule has 3 aromatic rings. The minimum atomic E-state index is -1.04. The number of ether oxygens (including phenoxy) is 2. The number of rotatable bonds is 12. The highest BCUT2D eigenvalue weighted by atomic mass is 19.1. The van der Waals surface area contributed by atoms with E-state index in [4.69, 9.17) is 14.3 Å². The van der Waals surface area contributed by atoms with E-state index >= 15 is 0 Å². The molecule has 1 unspecified atom stereocenters. The van der Waals surface area contributed by atoms with Gasteiger partial charge in [-0.15, -0.1) is 0 Å². The Morgan fingerprint density at radius 2 is 1.64 bits per heavy atom. The smallest absolute Gasteiger partial charge is 0.235 e. The van der Waals surface area contributed by atoms with E-state index in [1.807, 2.05) is 64.8 Å². The predicted octanol–water partition coefficient (Wildman–Crippen LogP) is 10.0. The zero-order valence-corrected chi connectivity index (χ0v) is 30.3. The summed E-state index contributed by atoms with van der Waals surface area (Å²) in [4.78, 5) is 10.3. The molecule has 0 aliphatic carbocycles. The highest BCUT2D eigenvalue weighted by Crippen LogP contribution is 2.35. The molecule has 47 heavy (non-hydrogen) atoms. The van der Waals surface area contributed by atoms with Gasteiger partial charge in [-0.2, -0.15) is 0 Å². The average Bonchev–Trinajstić information content (AvgIpc) is 3.12. The summed E-state index contributed by atoms with van der Waals surface area (Å²) in [6.45, 7) is 20.8. The van der Waals surface area contributed by atoms with Crippen molar-refractivity contribution in [2.75, 3.05) is 44.1 Å². The van der Waals surface area contributed by atoms with Crippen molar-refractivity contribution < 1.29 is 25.2 Å². The normalized spacial score (nSPS) is 12.8. The first-order valence-electron chi connectivity index (χ1n) is 17.0. The summed E-state index contributed by atoms with van der Waals surface area (Å²) in [5, 5.41) is 12.7. The molecule has 1 atom stereocenters. The van der Waals surface area contributed by atoms with Gasteiger partial charge in [-0.1, -0.05) is 102 Å². The third kappa shape index (κ3) is 15.8. The summed E-state index contributed by atoms with van der Waals surface area (Å²) >= 11 is 0. The first-order valence-corrected chi connectivity index (χ1v) is 17.0. The van der Waals surface area contributed by atoms with Crippen molar-refractivity contribution in [3.05, 3.63) is 101 Å². The van der Waals surface area contributed by atoms with Crippen LogP contribution in [0.5, 0.6) is 0 Å². The molecule has 7 heteroatoms. The second-order valence-electron chi connectivity index (χ2n) is 10.7. The summed E-state index contributed by atoms with van der Waals surface area (Å²) in [6.07, 6.45) is 4.78. The van der Waals surface area contributed by atoms with E-state index < -0.39 is 6.41 Å². The lowest BCUT2D eigenvalue weighted by molar-refractivity contribution is -0.0980. The van der Waals surface area contributed by atoms with Gasteiger partial charge in [-0.3, -0.25) is 0 Å². The number of aliphatic hydroxyl groups excluding tert-OH is 1. The van der Waals surface area contributed by atoms with Gasteiger partial charge >= 0.3 is 0 Å². The number of benzene rings is 3. The van der Waals surface area contributed by atoms with Crippen LogP contribution in [0.3, 0.4) is 0 Å². The zero-order valence-electron chi connectivity index (χ0n) is 30.3. The Balaban J connectivity index is 0. The van der Waals surface area contributed by atoms with Crippen LogP contribution >= 0.6 is 0 Å². The Labute approximate surface area is 286 Å². The number of carbonyl (C=O) groups is 1. The van der Waals surface area contributed by atoms with Crippen LogP contribution in [-0.2, 0) is 20.7 Å². The quantitative estimate of drug-likeness (QED) is 0.150. The number of nitrogens with zero attached hydrogens (tertiary/aromatic N) is 1. The number of anilines is 2. The lowest BCUT2D eigenvalue weighted by atomic mass is 9.88. The largest absolute Gasteiger partial charge is 0.385 e. The maximum atomic E-state index is 14.6. The lowest BCUT2D eigenvalue weighted by Gasteiger charge is -2.35. The Kier molecular flexibility index (Phi) is 24.6. The van der Waals surface area contributed by atoms with Crippen molar-refractivity contribution in [2.45, 2.75) is 92.4 Å². The Hall–Kier alpha value is -3.52. The van der Waals surface area contributed by atoms with E-state index in [9.17, 15) is 9.50 Å². The van der Waals surface area contributed by atoms with Crippen LogP contribution in [-0.4, -0.2) is 52.2 Å². The molecule has 0 radical (unpaired) electrons. The fraction of sp³-hybridized carbons (Fsp3) is 0.475. The minimum Gasteiger partial charge on any atom is -0.385 e. The fourth-order valence-electron chi connectivity index (χ4n) is 5.20. The van der Waals surface area contributed by atoms with E-state index in [1.54, 1.807) is 13.2 Å². The van der Waals surface area contributed by atoms with E-state index in [2.05, 4.69) is 61.0 Å². The summed E-state index contributed by atoms with van der Waals surface area (Å²) in [7, 11) is 3.18. The molecular weight excluding hydrogens is 591 g/mol. The molecule has 0 bridgehead atoms. The number of halogens is 1. The van der Waals surface area contributed by atoms with E-state index in [0.29, 0.717) is 0 Å². The molecule has 6 nitrogen and oxygen atoms in total. The Bertz CT molecular complexity index is 1230. The molecule has 0 spiro atoms. The van der Waals surface area contributed by atoms with Gasteiger partial charge in [0, 0.05) is 35.3 Å². The van der Waals surface area contributed by atoms with Crippen molar-refractivity contribution in [3.63, 3.8) is 0 Å². The van der Waals surface area contributed by atoms with Crippen LogP contribution in [0.1, 0.15) is 96.3 Å². The third-order valence-corrected chi connectivity index (χ3v) is 7.57. The molecule has 1 saturated heterocycles. The van der Waals surface area contributed by atoms with Crippen LogP contribution < -0.4 is 10.2 Å². The summed E-state index contributed by atoms with van der Waals surface area (Å²) in [5.74, 6) is 0.186. The van der Waals surface area contributed by atoms with E-state index in [-0.39, 0.29) is 13.2 Å². The summed E-state index contributed by atoms with van der Waals surface area (Å²) in [6, 6.07) is 22.1. The molecule has 2 N–H and O–H groups in total. The number of methoxy groups -OCH3 is 2. The fourth-order valence-corrected chi connectivity index (χ4v) is 5.20. The van der Waals surface area contributed by atoms with Crippen molar-refractivity contribution in [2.24, 2.45) is 0 Å². The SMILES string of the molecule is C=C(CCCOC)c1ccc(C)cc1.C=O.CC.CC.CCCc1ccc(C2CCN(c3ccccc3NC(O)OC)CC2)c(F)c1.[HH]. The van der Waals surface area contributed by atoms with Gasteiger partial charge in [0.05, 0.1) is 11.4 Å². The van der Waals surface area contributed by atoms with Crippen molar-refractivity contribution in [3.8, 4) is 0 Å². The molecule has 4 rings (SSSR count). The summed E-state index contributed by atoms with van der Waals surface area (Å²) < 4.78 is 24.5. The molecule has 1 fully saturated rings. The number of aliphatic hydroxyl groups is 1. The van der Waals surface area contributed by atoms with Crippen LogP contribution in [0.15, 0.2) is 73.3 Å². The van der Waals surface area contributed by atoms with Crippen molar-refractivity contribution in [1.29, 1.82) is 0 Å². The zero-order chi connectivity index (χ0) is 35.6. The third-order valence-electron chi connectivity index (χ3n) is 7.57. The van der Waals surface area contributed by atoms with Gasteiger partial charge < -0.3 is 29.6 Å². The molecular formula is C40H63FN2O4. The van der Waals surface area contributed by atoms with Gasteiger partial charge in [-0.05, 0) is 85.4 Å². The van der Waals surface area contributed by atoms with E-state index in [1.165, 1.54) is 23.8 Å². The average molecular weight is 655 g/mol. The van der Waals surface area contributed by atoms with Crippen molar-refractivity contribution >= 4 is 23.7 Å². The highest BCUT2D eigenvalue weighted by molar-refractivity contribution is 5.70. The predicted molar refractivity (Wildman–Crippen MR) is 201 cm³/mol. The topological polar surface area (TPSA) is 71.0 Å². The standard InChI is InChI=1S/C22H29FN2O2.C13H18O.2C2H6.CH2O.H2/c1-3-6-16-9-10-18(19(23)15-16)17-11-13-25(14-12-17)21-8-5-4-7-20(21)24-22(26)27-2;1-11-6-8-13(9-7-11)12(2)5-4-10-14-3;3*1-2;/h4-5,7-10,15,17,22,24,26H,3,6,11-14H2,1-2H3;6-9H,2,4-5,10H2,1,3H3;2*1-2H3;1H2;1H. The Morgan fingerprint density at radius 1 is 1.02 bits per heavy atom. The van der Waals surface area contributed by atoms with Crippen LogP contribution in [0, 0.1) is 12.7 Å². The number of para-hydroxylation sites is 2. The molecule has 1 aliphatic heterocycles. The number of carbonyl (C=O) groups excluding carboxylic acids is 1. The summed E-state index contributed by atoms with van der Waals surface area (Å²) in [5.41, 5.74) is 7.52. The number of hydrogen-bond donors (Lipinski definition) is 2. The lowest BCUT2D eigenvalue weighted by Crippen LogP contribution is -2.34. The second kappa shape index (κ2) is 26.5. The van der Waals surface area contributed by atoms with Crippen LogP contribution in [0.4, 0.5) is 15.8 Å².